The van der Waals surface area contributed by atoms with Crippen LogP contribution in [-0.2, 0) is 6.42 Å². The number of rotatable bonds is 4. The van der Waals surface area contributed by atoms with E-state index >= 15 is 0 Å². The number of pyridine rings is 1. The van der Waals surface area contributed by atoms with Gasteiger partial charge < -0.3 is 0 Å². The highest BCUT2D eigenvalue weighted by atomic mass is 14.7. The molecule has 1 heteroatoms. The molecule has 1 aromatic rings. The fourth-order valence-electron chi connectivity index (χ4n) is 1.37. The summed E-state index contributed by atoms with van der Waals surface area (Å²) in [5.74, 6) is 0. The van der Waals surface area contributed by atoms with Crippen LogP contribution in [-0.4, -0.2) is 4.98 Å². The minimum Gasteiger partial charge on any atom is -0.258 e. The fourth-order valence-corrected chi connectivity index (χ4v) is 1.37. The Morgan fingerprint density at radius 3 is 2.75 bits per heavy atom. The molecule has 0 saturated carbocycles. The maximum Gasteiger partial charge on any atom is 0.0450 e. The summed E-state index contributed by atoms with van der Waals surface area (Å²) in [5, 5.41) is 0. The molecular weight excluding hydrogens is 194 g/mol. The zero-order valence-corrected chi connectivity index (χ0v) is 10.3. The first-order chi connectivity index (χ1) is 7.58. The minimum atomic E-state index is 0.814. The third-order valence-electron chi connectivity index (χ3n) is 2.12. The molecule has 16 heavy (non-hydrogen) atoms. The van der Waals surface area contributed by atoms with E-state index in [4.69, 9.17) is 0 Å². The van der Waals surface area contributed by atoms with E-state index in [-0.39, 0.29) is 0 Å². The van der Waals surface area contributed by atoms with Crippen molar-refractivity contribution in [3.05, 3.63) is 65.5 Å². The molecule has 0 aromatic carbocycles. The Kier molecular flexibility index (Phi) is 4.71. The van der Waals surface area contributed by atoms with E-state index in [9.17, 15) is 0 Å². The molecule has 1 aromatic heterocycles. The molecule has 1 nitrogen and oxygen atoms in total. The molecule has 0 aliphatic rings. The van der Waals surface area contributed by atoms with Crippen molar-refractivity contribution in [3.63, 3.8) is 0 Å². The monoisotopic (exact) mass is 213 g/mol. The van der Waals surface area contributed by atoms with Gasteiger partial charge in [-0.2, -0.15) is 0 Å². The summed E-state index contributed by atoms with van der Waals surface area (Å²) >= 11 is 0. The van der Waals surface area contributed by atoms with Gasteiger partial charge >= 0.3 is 0 Å². The summed E-state index contributed by atoms with van der Waals surface area (Å²) < 4.78 is 0. The van der Waals surface area contributed by atoms with Gasteiger partial charge in [-0.1, -0.05) is 36.4 Å². The summed E-state index contributed by atoms with van der Waals surface area (Å²) in [6.45, 7) is 10.2. The molecule has 0 saturated heterocycles. The highest BCUT2D eigenvalue weighted by Crippen LogP contribution is 2.06. The standard InChI is InChI=1S/C15H19N/c1-12(2)7-5-8-13(3)11-15-10-6-9-14(4)16-15/h5-10H,3,11H2,1-2,4H3/b8-5-. The lowest BCUT2D eigenvalue weighted by Crippen LogP contribution is -1.92. The Balaban J connectivity index is 2.58. The predicted molar refractivity (Wildman–Crippen MR) is 70.4 cm³/mol. The Labute approximate surface area is 98.2 Å². The van der Waals surface area contributed by atoms with Crippen LogP contribution < -0.4 is 0 Å². The lowest BCUT2D eigenvalue weighted by molar-refractivity contribution is 1.04. The Morgan fingerprint density at radius 2 is 2.12 bits per heavy atom. The normalized spacial score (nSPS) is 10.4. The van der Waals surface area contributed by atoms with Gasteiger partial charge in [-0.25, -0.2) is 0 Å². The second-order valence-electron chi connectivity index (χ2n) is 4.21. The first-order valence-corrected chi connectivity index (χ1v) is 5.50. The molecule has 0 bridgehead atoms. The Bertz CT molecular complexity index is 421. The average molecular weight is 213 g/mol. The van der Waals surface area contributed by atoms with Crippen LogP contribution in [0.3, 0.4) is 0 Å². The van der Waals surface area contributed by atoms with Crippen molar-refractivity contribution >= 4 is 0 Å². The van der Waals surface area contributed by atoms with Crippen LogP contribution in [0.2, 0.25) is 0 Å². The van der Waals surface area contributed by atoms with Crippen molar-refractivity contribution in [1.29, 1.82) is 0 Å². The van der Waals surface area contributed by atoms with Crippen LogP contribution >= 0.6 is 0 Å². The molecule has 0 unspecified atom stereocenters. The first-order valence-electron chi connectivity index (χ1n) is 5.50. The van der Waals surface area contributed by atoms with Crippen molar-refractivity contribution < 1.29 is 0 Å². The molecule has 0 aliphatic carbocycles. The van der Waals surface area contributed by atoms with Gasteiger partial charge in [0.25, 0.3) is 0 Å². The lowest BCUT2D eigenvalue weighted by atomic mass is 10.1. The summed E-state index contributed by atoms with van der Waals surface area (Å²) in [4.78, 5) is 4.45. The van der Waals surface area contributed by atoms with Gasteiger partial charge in [-0.15, -0.1) is 0 Å². The summed E-state index contributed by atoms with van der Waals surface area (Å²) in [6.07, 6.45) is 6.97. The number of aryl methyl sites for hydroxylation is 1. The molecule has 0 atom stereocenters. The molecule has 1 heterocycles. The van der Waals surface area contributed by atoms with Gasteiger partial charge in [-0.05, 0) is 38.5 Å². The molecule has 1 rings (SSSR count). The number of allylic oxidation sites excluding steroid dienone is 5. The maximum absolute atomic E-state index is 4.45. The van der Waals surface area contributed by atoms with E-state index < -0.39 is 0 Å². The Morgan fingerprint density at radius 1 is 1.38 bits per heavy atom. The molecule has 0 amide bonds. The smallest absolute Gasteiger partial charge is 0.0450 e. The van der Waals surface area contributed by atoms with Crippen molar-refractivity contribution in [1.82, 2.24) is 4.98 Å². The first kappa shape index (κ1) is 12.4. The summed E-state index contributed by atoms with van der Waals surface area (Å²) in [5.41, 5.74) is 4.50. The van der Waals surface area contributed by atoms with E-state index in [1.54, 1.807) is 0 Å². The molecule has 0 spiro atoms. The highest BCUT2D eigenvalue weighted by molar-refractivity contribution is 5.25. The zero-order valence-electron chi connectivity index (χ0n) is 10.3. The number of aromatic nitrogens is 1. The third-order valence-corrected chi connectivity index (χ3v) is 2.12. The average Bonchev–Trinajstić information content (AvgIpc) is 2.16. The minimum absolute atomic E-state index is 0.814. The van der Waals surface area contributed by atoms with Gasteiger partial charge in [0.1, 0.15) is 0 Å². The number of hydrogen-bond acceptors (Lipinski definition) is 1. The van der Waals surface area contributed by atoms with Crippen LogP contribution in [0, 0.1) is 6.92 Å². The largest absolute Gasteiger partial charge is 0.258 e. The van der Waals surface area contributed by atoms with E-state index in [0.29, 0.717) is 0 Å². The van der Waals surface area contributed by atoms with E-state index in [2.05, 4.69) is 31.5 Å². The lowest BCUT2D eigenvalue weighted by Gasteiger charge is -2.01. The van der Waals surface area contributed by atoms with Crippen molar-refractivity contribution in [2.45, 2.75) is 27.2 Å². The van der Waals surface area contributed by atoms with Crippen LogP contribution in [0.25, 0.3) is 0 Å². The molecule has 0 N–H and O–H groups in total. The Hall–Kier alpha value is -1.63. The SMILES string of the molecule is C=C(/C=C\C=C(C)C)Cc1cccc(C)n1. The quantitative estimate of drug-likeness (QED) is 0.689. The highest BCUT2D eigenvalue weighted by Gasteiger charge is 1.95. The maximum atomic E-state index is 4.45. The third kappa shape index (κ3) is 4.74. The van der Waals surface area contributed by atoms with Gasteiger partial charge in [-0.3, -0.25) is 4.98 Å². The second kappa shape index (κ2) is 6.06. The van der Waals surface area contributed by atoms with Gasteiger partial charge in [0.15, 0.2) is 0 Å². The molecule has 0 aliphatic heterocycles. The second-order valence-corrected chi connectivity index (χ2v) is 4.21. The van der Waals surface area contributed by atoms with Crippen molar-refractivity contribution in [2.24, 2.45) is 0 Å². The summed E-state index contributed by atoms with van der Waals surface area (Å²) in [6, 6.07) is 6.07. The van der Waals surface area contributed by atoms with Crippen LogP contribution in [0.5, 0.6) is 0 Å². The van der Waals surface area contributed by atoms with Crippen LogP contribution in [0.4, 0.5) is 0 Å². The van der Waals surface area contributed by atoms with Crippen LogP contribution in [0.1, 0.15) is 25.2 Å². The molecule has 84 valence electrons. The van der Waals surface area contributed by atoms with E-state index in [1.807, 2.05) is 37.3 Å². The number of nitrogens with zero attached hydrogens (tertiary/aromatic N) is 1. The van der Waals surface area contributed by atoms with Crippen LogP contribution in [0.15, 0.2) is 54.2 Å². The van der Waals surface area contributed by atoms with E-state index in [0.717, 1.165) is 23.4 Å². The van der Waals surface area contributed by atoms with Gasteiger partial charge in [0, 0.05) is 17.8 Å². The number of hydrogen-bond donors (Lipinski definition) is 0. The van der Waals surface area contributed by atoms with Gasteiger partial charge in [0.05, 0.1) is 0 Å². The molecule has 0 fully saturated rings. The van der Waals surface area contributed by atoms with Gasteiger partial charge in [0.2, 0.25) is 0 Å². The van der Waals surface area contributed by atoms with E-state index in [1.165, 1.54) is 5.57 Å². The fraction of sp³-hybridized carbons (Fsp3) is 0.267. The van der Waals surface area contributed by atoms with Crippen molar-refractivity contribution in [3.8, 4) is 0 Å². The molecular formula is C15H19N. The summed E-state index contributed by atoms with van der Waals surface area (Å²) in [7, 11) is 0. The molecule has 0 radical (unpaired) electrons. The van der Waals surface area contributed by atoms with Crippen molar-refractivity contribution in [2.75, 3.05) is 0 Å². The predicted octanol–water partition coefficient (Wildman–Crippen LogP) is 4.01. The zero-order chi connectivity index (χ0) is 12.0. The topological polar surface area (TPSA) is 12.9 Å².